The Morgan fingerprint density at radius 1 is 1.14 bits per heavy atom. The van der Waals surface area contributed by atoms with Gasteiger partial charge in [0.25, 0.3) is 11.8 Å². The van der Waals surface area contributed by atoms with Gasteiger partial charge in [0, 0.05) is 44.8 Å². The summed E-state index contributed by atoms with van der Waals surface area (Å²) in [5.74, 6) is 0.343. The van der Waals surface area contributed by atoms with Crippen molar-refractivity contribution in [1.29, 1.82) is 0 Å². The van der Waals surface area contributed by atoms with Crippen molar-refractivity contribution in [3.8, 4) is 17.1 Å². The predicted molar refractivity (Wildman–Crippen MR) is 168 cm³/mol. The number of amides is 1. The summed E-state index contributed by atoms with van der Waals surface area (Å²) >= 11 is 0. The summed E-state index contributed by atoms with van der Waals surface area (Å²) in [4.78, 5) is 20.8. The molecule has 0 spiro atoms. The van der Waals surface area contributed by atoms with Gasteiger partial charge in [-0.05, 0) is 30.1 Å². The van der Waals surface area contributed by atoms with Gasteiger partial charge in [0.2, 0.25) is 0 Å². The molecule has 12 heteroatoms. The van der Waals surface area contributed by atoms with Crippen molar-refractivity contribution in [2.75, 3.05) is 40.0 Å². The Bertz CT molecular complexity index is 1480. The third-order valence-corrected chi connectivity index (χ3v) is 8.38. The molecule has 2 N–H and O–H groups in total. The Balaban J connectivity index is 0.00000212. The Hall–Kier alpha value is -3.15. The lowest BCUT2D eigenvalue weighted by atomic mass is 9.80. The molecule has 1 aliphatic heterocycles. The van der Waals surface area contributed by atoms with Crippen LogP contribution < -0.4 is 10.1 Å². The predicted octanol–water partition coefficient (Wildman–Crippen LogP) is 4.91. The molecule has 2 aromatic heterocycles. The van der Waals surface area contributed by atoms with Gasteiger partial charge in [-0.1, -0.05) is 55.3 Å². The van der Waals surface area contributed by atoms with Gasteiger partial charge in [-0.25, -0.2) is 4.98 Å². The third kappa shape index (κ3) is 6.68. The van der Waals surface area contributed by atoms with E-state index in [2.05, 4.69) is 10.5 Å². The van der Waals surface area contributed by atoms with Crippen LogP contribution in [0.1, 0.15) is 48.6 Å². The van der Waals surface area contributed by atoms with E-state index in [4.69, 9.17) is 19.0 Å². The minimum Gasteiger partial charge on any atom is -0.475 e. The first-order valence-electron chi connectivity index (χ1n) is 14.4. The number of carbonyl (C=O) groups is 1. The van der Waals surface area contributed by atoms with Crippen LogP contribution in [0.3, 0.4) is 0 Å². The fraction of sp³-hybridized carbons (Fsp3) is 0.452. The van der Waals surface area contributed by atoms with Crippen LogP contribution in [0, 0.1) is 0 Å². The van der Waals surface area contributed by atoms with Crippen molar-refractivity contribution >= 4 is 41.7 Å². The van der Waals surface area contributed by atoms with Crippen LogP contribution in [0.15, 0.2) is 65.4 Å². The number of halogens is 2. The lowest BCUT2D eigenvalue weighted by Crippen LogP contribution is -2.54. The van der Waals surface area contributed by atoms with Gasteiger partial charge in [-0.2, -0.15) is 0 Å². The second-order valence-electron chi connectivity index (χ2n) is 11.0. The lowest BCUT2D eigenvalue weighted by Gasteiger charge is -2.41. The molecule has 43 heavy (non-hydrogen) atoms. The van der Waals surface area contributed by atoms with E-state index in [0.717, 1.165) is 35.9 Å². The van der Waals surface area contributed by atoms with E-state index in [0.29, 0.717) is 56.2 Å². The molecule has 1 aliphatic carbocycles. The number of benzene rings is 2. The minimum absolute atomic E-state index is 0. The maximum Gasteiger partial charge on any atom is 0.275 e. The molecule has 1 amide bonds. The number of nitrogens with zero attached hydrogens (tertiary/aromatic N) is 4. The van der Waals surface area contributed by atoms with Gasteiger partial charge in [0.05, 0.1) is 36.7 Å². The second kappa shape index (κ2) is 14.5. The number of piperazine rings is 1. The Kier molecular flexibility index (Phi) is 11.1. The third-order valence-electron chi connectivity index (χ3n) is 8.38. The number of nitrogens with one attached hydrogen (secondary N) is 1. The zero-order valence-corrected chi connectivity index (χ0v) is 25.8. The fourth-order valence-electron chi connectivity index (χ4n) is 6.34. The average Bonchev–Trinajstić information content (AvgIpc) is 3.63. The topological polar surface area (TPSA) is 115 Å². The lowest BCUT2D eigenvalue weighted by molar-refractivity contribution is -0.0893. The number of para-hydroxylation sites is 1. The van der Waals surface area contributed by atoms with Crippen molar-refractivity contribution in [2.45, 2.75) is 49.8 Å². The normalized spacial score (nSPS) is 22.0. The highest BCUT2D eigenvalue weighted by Gasteiger charge is 2.42. The monoisotopic (exact) mass is 631 g/mol. The van der Waals surface area contributed by atoms with Crippen LogP contribution in [-0.4, -0.2) is 82.2 Å². The second-order valence-corrected chi connectivity index (χ2v) is 11.0. The van der Waals surface area contributed by atoms with Crippen LogP contribution in [0.2, 0.25) is 0 Å². The summed E-state index contributed by atoms with van der Waals surface area (Å²) in [5.41, 5.74) is 1.68. The average molecular weight is 633 g/mol. The fourth-order valence-corrected chi connectivity index (χ4v) is 6.34. The number of carbonyl (C=O) groups excluding carboxylic acids is 1. The Morgan fingerprint density at radius 2 is 1.93 bits per heavy atom. The summed E-state index contributed by atoms with van der Waals surface area (Å²) in [7, 11) is 1.62. The summed E-state index contributed by atoms with van der Waals surface area (Å²) in [6, 6.07) is 17.1. The largest absolute Gasteiger partial charge is 0.475 e. The van der Waals surface area contributed by atoms with E-state index in [1.165, 1.54) is 0 Å². The molecule has 2 fully saturated rings. The molecule has 2 aromatic carbocycles. The Morgan fingerprint density at radius 3 is 2.74 bits per heavy atom. The molecular formula is C31H39Cl2N5O5. The molecule has 3 atom stereocenters. The van der Waals surface area contributed by atoms with E-state index >= 15 is 0 Å². The molecule has 0 unspecified atom stereocenters. The number of fused-ring (bicyclic) bond motifs is 1. The minimum atomic E-state index is -1.03. The molecule has 0 bridgehead atoms. The molecular weight excluding hydrogens is 593 g/mol. The van der Waals surface area contributed by atoms with Crippen molar-refractivity contribution < 1.29 is 23.9 Å². The van der Waals surface area contributed by atoms with Gasteiger partial charge >= 0.3 is 0 Å². The summed E-state index contributed by atoms with van der Waals surface area (Å²) in [6.07, 6.45) is 5.70. The van der Waals surface area contributed by atoms with Crippen LogP contribution in [-0.2, 0) is 4.74 Å². The molecule has 4 aromatic rings. The number of aromatic nitrogens is 3. The van der Waals surface area contributed by atoms with E-state index in [-0.39, 0.29) is 49.4 Å². The summed E-state index contributed by atoms with van der Waals surface area (Å²) < 4.78 is 18.8. The maximum absolute atomic E-state index is 14.2. The van der Waals surface area contributed by atoms with Crippen LogP contribution in [0.4, 0.5) is 0 Å². The van der Waals surface area contributed by atoms with E-state index in [1.807, 2.05) is 64.1 Å². The van der Waals surface area contributed by atoms with Crippen molar-refractivity contribution in [1.82, 2.24) is 24.9 Å². The molecule has 3 heterocycles. The van der Waals surface area contributed by atoms with E-state index < -0.39 is 5.60 Å². The van der Waals surface area contributed by atoms with Gasteiger partial charge in [-0.15, -0.1) is 24.8 Å². The first-order valence-corrected chi connectivity index (χ1v) is 14.4. The molecule has 1 saturated heterocycles. The van der Waals surface area contributed by atoms with Gasteiger partial charge in [-0.3, -0.25) is 4.79 Å². The summed E-state index contributed by atoms with van der Waals surface area (Å²) in [5, 5.41) is 19.9. The van der Waals surface area contributed by atoms with E-state index in [9.17, 15) is 9.90 Å². The number of imidazole rings is 1. The van der Waals surface area contributed by atoms with Gasteiger partial charge < -0.3 is 33.9 Å². The van der Waals surface area contributed by atoms with Crippen molar-refractivity contribution in [2.24, 2.45) is 0 Å². The van der Waals surface area contributed by atoms with Crippen LogP contribution >= 0.6 is 24.8 Å². The van der Waals surface area contributed by atoms with Gasteiger partial charge in [0.1, 0.15) is 5.60 Å². The maximum atomic E-state index is 14.2. The van der Waals surface area contributed by atoms with Crippen LogP contribution in [0.25, 0.3) is 22.2 Å². The summed E-state index contributed by atoms with van der Waals surface area (Å²) in [6.45, 7) is 2.54. The quantitative estimate of drug-likeness (QED) is 0.268. The first-order chi connectivity index (χ1) is 20.1. The smallest absolute Gasteiger partial charge is 0.275 e. The molecule has 2 aliphatic rings. The SMILES string of the molecule is COC[C@]1(O)CCCC[C@H]1n1cnc(C(=O)N2CCNC[C@H]2CCOc2noc3ccccc23)c1-c1ccccc1.Cl.Cl. The van der Waals surface area contributed by atoms with Crippen LogP contribution in [0.5, 0.6) is 5.88 Å². The Labute approximate surface area is 263 Å². The number of ether oxygens (including phenoxy) is 2. The molecule has 10 nitrogen and oxygen atoms in total. The zero-order valence-electron chi connectivity index (χ0n) is 24.2. The van der Waals surface area contributed by atoms with E-state index in [1.54, 1.807) is 13.4 Å². The standard InChI is InChI=1S/C31H37N5O5.2ClH/c1-39-20-31(38)15-8-7-13-26(31)36-21-33-27(28(36)22-9-3-2-4-10-22)30(37)35-17-16-32-19-23(35)14-18-40-29-24-11-5-6-12-25(24)41-34-29;;/h2-6,9-12,21,23,26,32,38H,7-8,13-20H2,1H3;2*1H/t23-,26-,31-;;/m1../s1. The first kappa shape index (κ1) is 32.8. The molecule has 6 rings (SSSR count). The van der Waals surface area contributed by atoms with Crippen molar-refractivity contribution in [3.63, 3.8) is 0 Å². The molecule has 232 valence electrons. The van der Waals surface area contributed by atoms with Gasteiger partial charge in [0.15, 0.2) is 11.3 Å². The number of aliphatic hydroxyl groups is 1. The molecule has 1 saturated carbocycles. The zero-order chi connectivity index (χ0) is 28.2. The van der Waals surface area contributed by atoms with Crippen molar-refractivity contribution in [3.05, 3.63) is 66.6 Å². The molecule has 0 radical (unpaired) electrons. The number of rotatable bonds is 9. The number of methoxy groups -OCH3 is 1. The number of hydrogen-bond acceptors (Lipinski definition) is 8. The highest BCUT2D eigenvalue weighted by atomic mass is 35.5. The highest BCUT2D eigenvalue weighted by molar-refractivity contribution is 5.98. The number of hydrogen-bond donors (Lipinski definition) is 2. The highest BCUT2D eigenvalue weighted by Crippen LogP contribution is 2.41.